The normalized spacial score (nSPS) is 18.1. The van der Waals surface area contributed by atoms with E-state index < -0.39 is 17.8 Å². The van der Waals surface area contributed by atoms with Gasteiger partial charge in [-0.3, -0.25) is 9.36 Å². The highest BCUT2D eigenvalue weighted by Crippen LogP contribution is 2.30. The first kappa shape index (κ1) is 24.2. The van der Waals surface area contributed by atoms with Gasteiger partial charge in [-0.2, -0.15) is 0 Å². The third kappa shape index (κ3) is 4.65. The van der Waals surface area contributed by atoms with Crippen LogP contribution < -0.4 is 19.8 Å². The zero-order valence-electron chi connectivity index (χ0n) is 20.4. The van der Waals surface area contributed by atoms with E-state index in [-0.39, 0.29) is 17.7 Å². The second kappa shape index (κ2) is 10.2. The lowest BCUT2D eigenvalue weighted by atomic mass is 9.96. The van der Waals surface area contributed by atoms with E-state index in [0.717, 1.165) is 18.7 Å². The van der Waals surface area contributed by atoms with Crippen molar-refractivity contribution in [1.29, 1.82) is 0 Å². The molecule has 0 unspecified atom stereocenters. The zero-order chi connectivity index (χ0) is 25.2. The average molecular weight is 506 g/mol. The number of ether oxygens (including phenoxy) is 1. The summed E-state index contributed by atoms with van der Waals surface area (Å²) >= 11 is 1.28. The fourth-order valence-electron chi connectivity index (χ4n) is 4.84. The summed E-state index contributed by atoms with van der Waals surface area (Å²) in [6.45, 7) is 5.81. The zero-order valence-corrected chi connectivity index (χ0v) is 21.2. The van der Waals surface area contributed by atoms with E-state index in [1.807, 2.05) is 18.2 Å². The number of rotatable bonds is 5. The van der Waals surface area contributed by atoms with Crippen LogP contribution in [-0.2, 0) is 9.53 Å². The number of halogens is 1. The quantitative estimate of drug-likeness (QED) is 0.493. The maximum Gasteiger partial charge on any atom is 0.338 e. The third-order valence-electron chi connectivity index (χ3n) is 6.61. The molecule has 1 saturated heterocycles. The lowest BCUT2D eigenvalue weighted by Crippen LogP contribution is -2.39. The van der Waals surface area contributed by atoms with Gasteiger partial charge >= 0.3 is 5.97 Å². The minimum absolute atomic E-state index is 0.198. The average Bonchev–Trinajstić information content (AvgIpc) is 3.19. The number of piperidine rings is 1. The molecule has 2 aliphatic rings. The van der Waals surface area contributed by atoms with E-state index in [4.69, 9.17) is 4.74 Å². The van der Waals surface area contributed by atoms with Crippen LogP contribution in [0.4, 0.5) is 10.1 Å². The summed E-state index contributed by atoms with van der Waals surface area (Å²) in [4.78, 5) is 34.0. The highest BCUT2D eigenvalue weighted by molar-refractivity contribution is 7.07. The van der Waals surface area contributed by atoms with E-state index in [0.29, 0.717) is 20.6 Å². The minimum atomic E-state index is -0.746. The van der Waals surface area contributed by atoms with Gasteiger partial charge in [0.15, 0.2) is 4.80 Å². The Bertz CT molecular complexity index is 1480. The van der Waals surface area contributed by atoms with E-state index in [2.05, 4.69) is 22.0 Å². The Balaban J connectivity index is 1.58. The van der Waals surface area contributed by atoms with E-state index in [9.17, 15) is 14.0 Å². The van der Waals surface area contributed by atoms with Crippen molar-refractivity contribution in [3.05, 3.63) is 96.4 Å². The molecule has 0 N–H and O–H groups in total. The van der Waals surface area contributed by atoms with Crippen LogP contribution >= 0.6 is 11.3 Å². The largest absolute Gasteiger partial charge is 0.463 e. The number of carbonyl (C=O) groups is 1. The van der Waals surface area contributed by atoms with Gasteiger partial charge in [0.1, 0.15) is 5.82 Å². The first-order valence-corrected chi connectivity index (χ1v) is 13.1. The Morgan fingerprint density at radius 3 is 2.47 bits per heavy atom. The van der Waals surface area contributed by atoms with Crippen LogP contribution in [0, 0.1) is 5.82 Å². The lowest BCUT2D eigenvalue weighted by Gasteiger charge is -2.28. The number of fused-ring (bicyclic) bond motifs is 1. The van der Waals surface area contributed by atoms with E-state index >= 15 is 0 Å². The maximum atomic E-state index is 13.7. The molecule has 3 aromatic rings. The maximum absolute atomic E-state index is 13.7. The number of anilines is 1. The van der Waals surface area contributed by atoms with Crippen molar-refractivity contribution in [3.63, 3.8) is 0 Å². The van der Waals surface area contributed by atoms with Crippen LogP contribution in [0.5, 0.6) is 0 Å². The topological polar surface area (TPSA) is 63.9 Å². The molecule has 0 radical (unpaired) electrons. The molecule has 0 aliphatic carbocycles. The monoisotopic (exact) mass is 505 g/mol. The first-order chi connectivity index (χ1) is 17.5. The van der Waals surface area contributed by atoms with E-state index in [1.165, 1.54) is 53.0 Å². The molecule has 0 amide bonds. The van der Waals surface area contributed by atoms with Gasteiger partial charge in [-0.15, -0.1) is 0 Å². The molecule has 1 atom stereocenters. The molecule has 0 saturated carbocycles. The Morgan fingerprint density at radius 1 is 1.11 bits per heavy atom. The van der Waals surface area contributed by atoms with Crippen LogP contribution in [0.25, 0.3) is 6.08 Å². The van der Waals surface area contributed by atoms with E-state index in [1.54, 1.807) is 26.0 Å². The molecule has 0 spiro atoms. The Labute approximate surface area is 212 Å². The number of esters is 1. The van der Waals surface area contributed by atoms with Crippen LogP contribution in [0.15, 0.2) is 69.6 Å². The Hall–Kier alpha value is -3.52. The summed E-state index contributed by atoms with van der Waals surface area (Å²) < 4.78 is 21.0. The molecule has 186 valence electrons. The number of carbonyl (C=O) groups excluding carboxylic acids is 1. The van der Waals surface area contributed by atoms with Gasteiger partial charge in [0.25, 0.3) is 5.56 Å². The van der Waals surface area contributed by atoms with Gasteiger partial charge in [-0.25, -0.2) is 14.2 Å². The van der Waals surface area contributed by atoms with Crippen molar-refractivity contribution in [2.45, 2.75) is 39.2 Å². The van der Waals surface area contributed by atoms with Crippen molar-refractivity contribution < 1.29 is 13.9 Å². The molecule has 8 heteroatoms. The molecule has 5 rings (SSSR count). The molecule has 0 bridgehead atoms. The second-order valence-corrected chi connectivity index (χ2v) is 10.0. The fourth-order valence-corrected chi connectivity index (χ4v) is 5.88. The van der Waals surface area contributed by atoms with Crippen molar-refractivity contribution in [1.82, 2.24) is 4.57 Å². The summed E-state index contributed by atoms with van der Waals surface area (Å²) in [5.74, 6) is -0.923. The first-order valence-electron chi connectivity index (χ1n) is 12.3. The molecular formula is C28H28FN3O3S. The number of benzene rings is 2. The molecule has 6 nitrogen and oxygen atoms in total. The predicted octanol–water partition coefficient (Wildman–Crippen LogP) is 3.93. The number of nitrogens with zero attached hydrogens (tertiary/aromatic N) is 3. The number of aromatic nitrogens is 1. The summed E-state index contributed by atoms with van der Waals surface area (Å²) in [6.07, 6.45) is 5.57. The van der Waals surface area contributed by atoms with Crippen molar-refractivity contribution in [2.24, 2.45) is 4.99 Å². The molecule has 1 aromatic heterocycles. The summed E-state index contributed by atoms with van der Waals surface area (Å²) in [6, 6.07) is 13.3. The van der Waals surface area contributed by atoms with Gasteiger partial charge in [-0.05, 0) is 74.6 Å². The van der Waals surface area contributed by atoms with Gasteiger partial charge in [0.05, 0.1) is 28.5 Å². The third-order valence-corrected chi connectivity index (χ3v) is 7.60. The standard InChI is InChI=1S/C28H28FN3O3S/c1-3-35-27(34)24-18(2)30-28-32(25(24)20-9-11-21(29)12-10-20)26(33)23(36-28)17-19-7-13-22(14-8-19)31-15-5-4-6-16-31/h7-14,17,25H,3-6,15-16H2,1-2H3/b23-17+/t25-/m1/s1. The minimum Gasteiger partial charge on any atom is -0.463 e. The number of thiazole rings is 1. The highest BCUT2D eigenvalue weighted by atomic mass is 32.1. The molecular weight excluding hydrogens is 477 g/mol. The summed E-state index contributed by atoms with van der Waals surface area (Å²) in [5.41, 5.74) is 3.25. The fraction of sp³-hybridized carbons (Fsp3) is 0.321. The van der Waals surface area contributed by atoms with Crippen LogP contribution in [-0.4, -0.2) is 30.2 Å². The lowest BCUT2D eigenvalue weighted by molar-refractivity contribution is -0.139. The molecule has 2 aromatic carbocycles. The number of allylic oxidation sites excluding steroid dienone is 1. The van der Waals surface area contributed by atoms with Crippen molar-refractivity contribution in [3.8, 4) is 0 Å². The number of hydrogen-bond acceptors (Lipinski definition) is 6. The molecule has 36 heavy (non-hydrogen) atoms. The second-order valence-electron chi connectivity index (χ2n) is 8.99. The van der Waals surface area contributed by atoms with Gasteiger partial charge in [0.2, 0.25) is 0 Å². The number of hydrogen-bond donors (Lipinski definition) is 0. The smallest absolute Gasteiger partial charge is 0.338 e. The molecule has 2 aliphatic heterocycles. The van der Waals surface area contributed by atoms with Crippen LogP contribution in [0.2, 0.25) is 0 Å². The van der Waals surface area contributed by atoms with Crippen LogP contribution in [0.1, 0.15) is 50.3 Å². The van der Waals surface area contributed by atoms with Crippen molar-refractivity contribution in [2.75, 3.05) is 24.6 Å². The molecule has 3 heterocycles. The summed E-state index contributed by atoms with van der Waals surface area (Å²) in [5, 5.41) is 0. The predicted molar refractivity (Wildman–Crippen MR) is 139 cm³/mol. The van der Waals surface area contributed by atoms with Gasteiger partial charge in [0, 0.05) is 18.8 Å². The highest BCUT2D eigenvalue weighted by Gasteiger charge is 2.33. The Morgan fingerprint density at radius 2 is 1.81 bits per heavy atom. The van der Waals surface area contributed by atoms with Crippen LogP contribution in [0.3, 0.4) is 0 Å². The van der Waals surface area contributed by atoms with Crippen molar-refractivity contribution >= 4 is 29.1 Å². The molecule has 1 fully saturated rings. The van der Waals surface area contributed by atoms with Gasteiger partial charge in [-0.1, -0.05) is 35.6 Å². The van der Waals surface area contributed by atoms with Gasteiger partial charge < -0.3 is 9.64 Å². The SMILES string of the molecule is CCOC(=O)C1=C(C)N=c2s/c(=C/c3ccc(N4CCCCC4)cc3)c(=O)n2[C@@H]1c1ccc(F)cc1. The summed E-state index contributed by atoms with van der Waals surface area (Å²) in [7, 11) is 0. The Kier molecular flexibility index (Phi) is 6.87.